The van der Waals surface area contributed by atoms with Crippen molar-refractivity contribution in [2.24, 2.45) is 5.73 Å². The zero-order valence-corrected chi connectivity index (χ0v) is 13.3. The summed E-state index contributed by atoms with van der Waals surface area (Å²) in [4.78, 5) is 0.848. The van der Waals surface area contributed by atoms with Gasteiger partial charge in [-0.1, -0.05) is 24.3 Å². The second kappa shape index (κ2) is 6.51. The summed E-state index contributed by atoms with van der Waals surface area (Å²) in [6, 6.07) is 13.8. The third kappa shape index (κ3) is 4.23. The molecule has 0 aliphatic carbocycles. The molecule has 0 saturated heterocycles. The van der Waals surface area contributed by atoms with Gasteiger partial charge in [0.15, 0.2) is 9.84 Å². The van der Waals surface area contributed by atoms with Gasteiger partial charge in [-0.3, -0.25) is 4.21 Å². The predicted molar refractivity (Wildman–Crippen MR) is 84.0 cm³/mol. The number of nitrogens with two attached hydrogens (primary N) is 1. The lowest BCUT2D eigenvalue weighted by Crippen LogP contribution is -2.00. The molecule has 0 saturated carbocycles. The van der Waals surface area contributed by atoms with Crippen LogP contribution in [0.25, 0.3) is 0 Å². The summed E-state index contributed by atoms with van der Waals surface area (Å²) >= 11 is 0. The third-order valence-corrected chi connectivity index (χ3v) is 5.59. The molecule has 0 heterocycles. The van der Waals surface area contributed by atoms with Crippen molar-refractivity contribution in [3.05, 3.63) is 59.7 Å². The zero-order chi connectivity index (χ0) is 15.5. The molecule has 2 rings (SSSR count). The molecule has 0 aliphatic heterocycles. The fourth-order valence-electron chi connectivity index (χ4n) is 1.84. The van der Waals surface area contributed by atoms with Crippen LogP contribution in [-0.2, 0) is 32.9 Å². The summed E-state index contributed by atoms with van der Waals surface area (Å²) in [7, 11) is -4.43. The highest BCUT2D eigenvalue weighted by Crippen LogP contribution is 2.16. The van der Waals surface area contributed by atoms with Crippen molar-refractivity contribution >= 4 is 20.6 Å². The van der Waals surface area contributed by atoms with E-state index in [-0.39, 0.29) is 4.90 Å². The molecule has 0 radical (unpaired) electrons. The minimum atomic E-state index is -3.22. The normalized spacial score (nSPS) is 13.0. The Morgan fingerprint density at radius 3 is 1.95 bits per heavy atom. The average Bonchev–Trinajstić information content (AvgIpc) is 2.47. The summed E-state index contributed by atoms with van der Waals surface area (Å²) in [6.07, 6.45) is 1.15. The lowest BCUT2D eigenvalue weighted by atomic mass is 10.1. The van der Waals surface area contributed by atoms with Gasteiger partial charge >= 0.3 is 0 Å². The Kier molecular flexibility index (Phi) is 4.92. The summed E-state index contributed by atoms with van der Waals surface area (Å²) in [5.74, 6) is 0.392. The van der Waals surface area contributed by atoms with Crippen molar-refractivity contribution in [3.63, 3.8) is 0 Å². The second-order valence-corrected chi connectivity index (χ2v) is 8.22. The van der Waals surface area contributed by atoms with Crippen molar-refractivity contribution in [3.8, 4) is 0 Å². The van der Waals surface area contributed by atoms with Crippen LogP contribution in [-0.4, -0.2) is 18.9 Å². The van der Waals surface area contributed by atoms with E-state index in [9.17, 15) is 12.6 Å². The maximum Gasteiger partial charge on any atom is 0.175 e. The maximum absolute atomic E-state index is 12.3. The van der Waals surface area contributed by atoms with Crippen LogP contribution in [0.4, 0.5) is 0 Å². The quantitative estimate of drug-likeness (QED) is 0.911. The molecule has 21 heavy (non-hydrogen) atoms. The largest absolute Gasteiger partial charge is 0.326 e. The van der Waals surface area contributed by atoms with Crippen molar-refractivity contribution in [1.82, 2.24) is 0 Å². The number of benzene rings is 2. The Morgan fingerprint density at radius 2 is 1.48 bits per heavy atom. The molecule has 1 unspecified atom stereocenters. The van der Waals surface area contributed by atoms with Gasteiger partial charge in [0, 0.05) is 17.7 Å². The van der Waals surface area contributed by atoms with Crippen LogP contribution in [0.2, 0.25) is 0 Å². The molecule has 4 nitrogen and oxygen atoms in total. The maximum atomic E-state index is 12.3. The summed E-state index contributed by atoms with van der Waals surface area (Å²) in [5, 5.41) is 0. The third-order valence-electron chi connectivity index (χ3n) is 3.07. The van der Waals surface area contributed by atoms with E-state index in [0.29, 0.717) is 17.2 Å². The molecule has 112 valence electrons. The van der Waals surface area contributed by atoms with Crippen LogP contribution >= 0.6 is 0 Å². The van der Waals surface area contributed by atoms with Gasteiger partial charge in [0.25, 0.3) is 0 Å². The number of rotatable bonds is 5. The van der Waals surface area contributed by atoms with E-state index in [1.807, 2.05) is 24.3 Å². The second-order valence-electron chi connectivity index (χ2n) is 4.75. The van der Waals surface area contributed by atoms with Crippen LogP contribution in [0, 0.1) is 0 Å². The molecule has 2 aromatic rings. The Bertz CT molecular complexity index is 735. The topological polar surface area (TPSA) is 77.2 Å². The van der Waals surface area contributed by atoms with E-state index in [0.717, 1.165) is 17.4 Å². The van der Waals surface area contributed by atoms with Crippen LogP contribution in [0.5, 0.6) is 0 Å². The van der Waals surface area contributed by atoms with Crippen molar-refractivity contribution < 1.29 is 12.6 Å². The van der Waals surface area contributed by atoms with Crippen LogP contribution < -0.4 is 5.73 Å². The van der Waals surface area contributed by atoms with Crippen LogP contribution in [0.1, 0.15) is 11.1 Å². The Morgan fingerprint density at radius 1 is 0.952 bits per heavy atom. The van der Waals surface area contributed by atoms with Gasteiger partial charge in [-0.2, -0.15) is 0 Å². The molecule has 1 atom stereocenters. The highest BCUT2D eigenvalue weighted by atomic mass is 32.2. The SMILES string of the molecule is CS(=O)(=O)c1ccc(S(=O)Cc2ccc(CN)cc2)cc1. The summed E-state index contributed by atoms with van der Waals surface area (Å²) in [5.41, 5.74) is 7.52. The van der Waals surface area contributed by atoms with Crippen molar-refractivity contribution in [2.75, 3.05) is 6.26 Å². The van der Waals surface area contributed by atoms with Gasteiger partial charge in [0.05, 0.1) is 21.4 Å². The zero-order valence-electron chi connectivity index (χ0n) is 11.7. The van der Waals surface area contributed by atoms with E-state index in [2.05, 4.69) is 0 Å². The molecular weight excluding hydrogens is 306 g/mol. The van der Waals surface area contributed by atoms with E-state index in [1.54, 1.807) is 12.1 Å². The van der Waals surface area contributed by atoms with E-state index < -0.39 is 20.6 Å². The molecule has 0 aliphatic rings. The molecule has 6 heteroatoms. The van der Waals surface area contributed by atoms with E-state index in [1.165, 1.54) is 12.1 Å². The van der Waals surface area contributed by atoms with Gasteiger partial charge in [0.2, 0.25) is 0 Å². The first-order valence-electron chi connectivity index (χ1n) is 6.36. The number of hydrogen-bond acceptors (Lipinski definition) is 4. The minimum absolute atomic E-state index is 0.232. The molecule has 0 aromatic heterocycles. The first kappa shape index (κ1) is 15.9. The summed E-state index contributed by atoms with van der Waals surface area (Å²) in [6.45, 7) is 0.482. The number of sulfone groups is 1. The van der Waals surface area contributed by atoms with Crippen molar-refractivity contribution in [2.45, 2.75) is 22.1 Å². The lowest BCUT2D eigenvalue weighted by Gasteiger charge is -2.05. The van der Waals surface area contributed by atoms with E-state index >= 15 is 0 Å². The van der Waals surface area contributed by atoms with Gasteiger partial charge in [-0.05, 0) is 35.4 Å². The van der Waals surface area contributed by atoms with Gasteiger partial charge in [0.1, 0.15) is 0 Å². The van der Waals surface area contributed by atoms with Crippen molar-refractivity contribution in [1.29, 1.82) is 0 Å². The van der Waals surface area contributed by atoms with Crippen LogP contribution in [0.15, 0.2) is 58.3 Å². The van der Waals surface area contributed by atoms with Gasteiger partial charge < -0.3 is 5.73 Å². The van der Waals surface area contributed by atoms with Gasteiger partial charge in [-0.15, -0.1) is 0 Å². The minimum Gasteiger partial charge on any atom is -0.326 e. The first-order valence-corrected chi connectivity index (χ1v) is 9.57. The van der Waals surface area contributed by atoms with Crippen LogP contribution in [0.3, 0.4) is 0 Å². The average molecular weight is 323 g/mol. The molecule has 0 fully saturated rings. The highest BCUT2D eigenvalue weighted by molar-refractivity contribution is 7.90. The van der Waals surface area contributed by atoms with Gasteiger partial charge in [-0.25, -0.2) is 8.42 Å². The lowest BCUT2D eigenvalue weighted by molar-refractivity contribution is 0.601. The molecule has 0 amide bonds. The molecule has 2 aromatic carbocycles. The highest BCUT2D eigenvalue weighted by Gasteiger charge is 2.09. The predicted octanol–water partition coefficient (Wildman–Crippen LogP) is 1.86. The first-order chi connectivity index (χ1) is 9.90. The molecular formula is C15H17NO3S2. The Balaban J connectivity index is 2.12. The fourth-order valence-corrected chi connectivity index (χ4v) is 3.58. The number of hydrogen-bond donors (Lipinski definition) is 1. The Hall–Kier alpha value is -1.50. The monoisotopic (exact) mass is 323 g/mol. The van der Waals surface area contributed by atoms with E-state index in [4.69, 9.17) is 5.73 Å². The smallest absolute Gasteiger partial charge is 0.175 e. The molecule has 0 bridgehead atoms. The summed E-state index contributed by atoms with van der Waals surface area (Å²) < 4.78 is 35.0. The Labute approximate surface area is 127 Å². The fraction of sp³-hybridized carbons (Fsp3) is 0.200. The molecule has 0 spiro atoms. The standard InChI is InChI=1S/C15H17NO3S2/c1-21(18,19)15-8-6-14(7-9-15)20(17)11-13-4-2-12(10-16)3-5-13/h2-9H,10-11,16H2,1H3. The molecule has 2 N–H and O–H groups in total.